The molecule has 4 bridgehead atoms. The van der Waals surface area contributed by atoms with Crippen molar-refractivity contribution in [3.8, 4) is 0 Å². The Labute approximate surface area is 162 Å². The minimum absolute atomic E-state index is 0.0263. The SMILES string of the molecule is CCCNC(=O)CNC(=O)C(NC(=O)C12CC3CC(CC(C3)C1)C2)C(C)C. The Morgan fingerprint density at radius 2 is 1.52 bits per heavy atom. The minimum atomic E-state index is -0.593. The predicted molar refractivity (Wildman–Crippen MR) is 104 cm³/mol. The summed E-state index contributed by atoms with van der Waals surface area (Å²) in [6.45, 7) is 6.40. The maximum absolute atomic E-state index is 13.2. The Bertz CT molecular complexity index is 552. The molecule has 0 spiro atoms. The van der Waals surface area contributed by atoms with Gasteiger partial charge in [0.2, 0.25) is 17.7 Å². The monoisotopic (exact) mass is 377 g/mol. The summed E-state index contributed by atoms with van der Waals surface area (Å²) in [5, 5.41) is 8.49. The van der Waals surface area contributed by atoms with E-state index in [1.807, 2.05) is 20.8 Å². The Morgan fingerprint density at radius 1 is 0.963 bits per heavy atom. The number of carbonyl (C=O) groups excluding carboxylic acids is 3. The zero-order valence-electron chi connectivity index (χ0n) is 17.0. The van der Waals surface area contributed by atoms with Crippen LogP contribution < -0.4 is 16.0 Å². The van der Waals surface area contributed by atoms with Crippen LogP contribution >= 0.6 is 0 Å². The third-order valence-corrected chi connectivity index (χ3v) is 6.75. The molecule has 4 fully saturated rings. The minimum Gasteiger partial charge on any atom is -0.355 e. The molecule has 0 aromatic carbocycles. The number of amides is 3. The van der Waals surface area contributed by atoms with Crippen LogP contribution in [0.15, 0.2) is 0 Å². The lowest BCUT2D eigenvalue weighted by Gasteiger charge is -2.55. The summed E-state index contributed by atoms with van der Waals surface area (Å²) in [5.41, 5.74) is -0.263. The van der Waals surface area contributed by atoms with E-state index >= 15 is 0 Å². The van der Waals surface area contributed by atoms with E-state index in [-0.39, 0.29) is 35.6 Å². The molecule has 3 N–H and O–H groups in total. The van der Waals surface area contributed by atoms with Gasteiger partial charge < -0.3 is 16.0 Å². The van der Waals surface area contributed by atoms with Crippen LogP contribution in [0.5, 0.6) is 0 Å². The first-order valence-electron chi connectivity index (χ1n) is 10.7. The molecule has 152 valence electrons. The number of carbonyl (C=O) groups is 3. The van der Waals surface area contributed by atoms with Gasteiger partial charge in [-0.1, -0.05) is 20.8 Å². The van der Waals surface area contributed by atoms with E-state index in [0.717, 1.165) is 25.7 Å². The molecule has 0 heterocycles. The van der Waals surface area contributed by atoms with E-state index < -0.39 is 6.04 Å². The third-order valence-electron chi connectivity index (χ3n) is 6.75. The first-order chi connectivity index (χ1) is 12.8. The topological polar surface area (TPSA) is 87.3 Å². The molecule has 6 heteroatoms. The zero-order chi connectivity index (χ0) is 19.6. The number of hydrogen-bond acceptors (Lipinski definition) is 3. The van der Waals surface area contributed by atoms with Crippen molar-refractivity contribution in [3.63, 3.8) is 0 Å². The van der Waals surface area contributed by atoms with Gasteiger partial charge in [0.15, 0.2) is 0 Å². The van der Waals surface area contributed by atoms with Crippen molar-refractivity contribution in [2.24, 2.45) is 29.1 Å². The highest BCUT2D eigenvalue weighted by Gasteiger charge is 2.55. The highest BCUT2D eigenvalue weighted by molar-refractivity contribution is 5.92. The fourth-order valence-corrected chi connectivity index (χ4v) is 5.82. The van der Waals surface area contributed by atoms with Crippen molar-refractivity contribution in [1.82, 2.24) is 16.0 Å². The standard InChI is InChI=1S/C21H35N3O3/c1-4-5-22-17(25)12-23-19(26)18(13(2)3)24-20(27)21-9-14-6-15(10-21)8-16(7-14)11-21/h13-16,18H,4-12H2,1-3H3,(H,22,25)(H,23,26)(H,24,27). The van der Waals surface area contributed by atoms with Crippen LogP contribution in [0, 0.1) is 29.1 Å². The Hall–Kier alpha value is -1.59. The molecule has 1 unspecified atom stereocenters. The molecule has 4 aliphatic rings. The van der Waals surface area contributed by atoms with Gasteiger partial charge in [-0.2, -0.15) is 0 Å². The quantitative estimate of drug-likeness (QED) is 0.604. The van der Waals surface area contributed by atoms with Crippen LogP contribution in [0.2, 0.25) is 0 Å². The van der Waals surface area contributed by atoms with Crippen LogP contribution in [-0.2, 0) is 14.4 Å². The maximum Gasteiger partial charge on any atom is 0.243 e. The molecule has 1 atom stereocenters. The van der Waals surface area contributed by atoms with Gasteiger partial charge >= 0.3 is 0 Å². The second kappa shape index (κ2) is 8.19. The van der Waals surface area contributed by atoms with Crippen LogP contribution in [0.1, 0.15) is 65.7 Å². The van der Waals surface area contributed by atoms with Gasteiger partial charge in [0.25, 0.3) is 0 Å². The molecule has 0 saturated heterocycles. The lowest BCUT2D eigenvalue weighted by molar-refractivity contribution is -0.149. The van der Waals surface area contributed by atoms with Crippen molar-refractivity contribution >= 4 is 17.7 Å². The fraction of sp³-hybridized carbons (Fsp3) is 0.857. The number of rotatable bonds is 8. The molecule has 0 aliphatic heterocycles. The van der Waals surface area contributed by atoms with Crippen LogP contribution in [0.25, 0.3) is 0 Å². The average Bonchev–Trinajstić information content (AvgIpc) is 2.60. The lowest BCUT2D eigenvalue weighted by Crippen LogP contribution is -2.58. The van der Waals surface area contributed by atoms with E-state index in [4.69, 9.17) is 0 Å². The van der Waals surface area contributed by atoms with Gasteiger partial charge in [-0.3, -0.25) is 14.4 Å². The average molecular weight is 378 g/mol. The molecule has 4 saturated carbocycles. The lowest BCUT2D eigenvalue weighted by atomic mass is 9.49. The summed E-state index contributed by atoms with van der Waals surface area (Å²) in [6, 6.07) is -0.593. The Morgan fingerprint density at radius 3 is 2.00 bits per heavy atom. The van der Waals surface area contributed by atoms with E-state index in [2.05, 4.69) is 16.0 Å². The summed E-state index contributed by atoms with van der Waals surface area (Å²) in [6.07, 6.45) is 7.66. The molecule has 6 nitrogen and oxygen atoms in total. The van der Waals surface area contributed by atoms with Gasteiger partial charge in [0.05, 0.1) is 6.54 Å². The first-order valence-corrected chi connectivity index (χ1v) is 10.7. The maximum atomic E-state index is 13.2. The summed E-state index contributed by atoms with van der Waals surface area (Å²) in [5.74, 6) is 1.64. The van der Waals surface area contributed by atoms with E-state index in [1.54, 1.807) is 0 Å². The van der Waals surface area contributed by atoms with Gasteiger partial charge in [-0.15, -0.1) is 0 Å². The van der Waals surface area contributed by atoms with Crippen molar-refractivity contribution in [3.05, 3.63) is 0 Å². The first kappa shape index (κ1) is 20.2. The van der Waals surface area contributed by atoms with Gasteiger partial charge in [0, 0.05) is 12.0 Å². The highest BCUT2D eigenvalue weighted by Crippen LogP contribution is 2.60. The van der Waals surface area contributed by atoms with Crippen molar-refractivity contribution in [2.45, 2.75) is 71.8 Å². The third kappa shape index (κ3) is 4.46. The van der Waals surface area contributed by atoms with E-state index in [1.165, 1.54) is 19.3 Å². The molecular formula is C21H35N3O3. The molecule has 3 amide bonds. The van der Waals surface area contributed by atoms with Crippen LogP contribution in [0.4, 0.5) is 0 Å². The molecule has 4 rings (SSSR count). The summed E-state index contributed by atoms with van der Waals surface area (Å²) >= 11 is 0. The zero-order valence-corrected chi connectivity index (χ0v) is 17.0. The van der Waals surface area contributed by atoms with Crippen molar-refractivity contribution in [1.29, 1.82) is 0 Å². The van der Waals surface area contributed by atoms with Gasteiger partial charge in [0.1, 0.15) is 6.04 Å². The van der Waals surface area contributed by atoms with Crippen LogP contribution in [0.3, 0.4) is 0 Å². The summed E-state index contributed by atoms with van der Waals surface area (Å²) in [7, 11) is 0. The Balaban J connectivity index is 1.58. The molecule has 0 aromatic rings. The second-order valence-electron chi connectivity index (χ2n) is 9.46. The molecule has 0 aromatic heterocycles. The van der Waals surface area contributed by atoms with Crippen molar-refractivity contribution < 1.29 is 14.4 Å². The number of nitrogens with one attached hydrogen (secondary N) is 3. The van der Waals surface area contributed by atoms with E-state index in [0.29, 0.717) is 24.3 Å². The normalized spacial score (nSPS) is 32.2. The smallest absolute Gasteiger partial charge is 0.243 e. The predicted octanol–water partition coefficient (Wildman–Crippen LogP) is 1.99. The Kier molecular flexibility index (Phi) is 6.11. The summed E-state index contributed by atoms with van der Waals surface area (Å²) in [4.78, 5) is 37.6. The molecule has 0 radical (unpaired) electrons. The van der Waals surface area contributed by atoms with Crippen molar-refractivity contribution in [2.75, 3.05) is 13.1 Å². The van der Waals surface area contributed by atoms with Crippen LogP contribution in [-0.4, -0.2) is 36.9 Å². The second-order valence-corrected chi connectivity index (χ2v) is 9.46. The highest BCUT2D eigenvalue weighted by atomic mass is 16.2. The molecule has 4 aliphatic carbocycles. The van der Waals surface area contributed by atoms with E-state index in [9.17, 15) is 14.4 Å². The van der Waals surface area contributed by atoms with Gasteiger partial charge in [-0.25, -0.2) is 0 Å². The molecule has 27 heavy (non-hydrogen) atoms. The molecular weight excluding hydrogens is 342 g/mol. The van der Waals surface area contributed by atoms with Gasteiger partial charge in [-0.05, 0) is 68.6 Å². The largest absolute Gasteiger partial charge is 0.355 e. The fourth-order valence-electron chi connectivity index (χ4n) is 5.82. The number of hydrogen-bond donors (Lipinski definition) is 3. The summed E-state index contributed by atoms with van der Waals surface area (Å²) < 4.78 is 0.